The molecule has 3 heterocycles. The summed E-state index contributed by atoms with van der Waals surface area (Å²) in [6.07, 6.45) is 1.72. The highest BCUT2D eigenvalue weighted by Gasteiger charge is 2.27. The third-order valence-corrected chi connectivity index (χ3v) is 6.66. The van der Waals surface area contributed by atoms with Gasteiger partial charge in [-0.25, -0.2) is 14.4 Å². The van der Waals surface area contributed by atoms with Crippen molar-refractivity contribution in [1.29, 1.82) is 0 Å². The number of para-hydroxylation sites is 3. The number of fused-ring (bicyclic) bond motifs is 2. The first kappa shape index (κ1) is 20.5. The van der Waals surface area contributed by atoms with E-state index in [0.29, 0.717) is 30.3 Å². The standard InChI is InChI=1S/C28H23FN4O/c29-20-11-9-18(10-12-20)26-17-22(21-5-1-2-6-23(21)30-26)28(34)33-15-13-19(14-16-33)27-31-24-7-3-4-8-25(24)32-27/h1-12,17,19H,13-16H2,(H,31,32). The van der Waals surface area contributed by atoms with Crippen molar-refractivity contribution in [3.63, 3.8) is 0 Å². The molecule has 0 aliphatic carbocycles. The van der Waals surface area contributed by atoms with Crippen LogP contribution in [0, 0.1) is 5.82 Å². The first-order chi connectivity index (χ1) is 16.7. The SMILES string of the molecule is O=C(c1cc(-c2ccc(F)cc2)nc2ccccc12)N1CCC(c2nc3ccccc3[nH]2)CC1. The van der Waals surface area contributed by atoms with Gasteiger partial charge in [-0.2, -0.15) is 0 Å². The molecule has 6 rings (SSSR count). The van der Waals surface area contributed by atoms with E-state index in [9.17, 15) is 9.18 Å². The second kappa shape index (κ2) is 8.37. The number of nitrogens with one attached hydrogen (secondary N) is 1. The lowest BCUT2D eigenvalue weighted by atomic mass is 9.95. The summed E-state index contributed by atoms with van der Waals surface area (Å²) in [4.78, 5) is 28.5. The quantitative estimate of drug-likeness (QED) is 0.370. The maximum Gasteiger partial charge on any atom is 0.254 e. The van der Waals surface area contributed by atoms with Gasteiger partial charge in [0.2, 0.25) is 0 Å². The van der Waals surface area contributed by atoms with Crippen LogP contribution in [0.3, 0.4) is 0 Å². The van der Waals surface area contributed by atoms with Crippen molar-refractivity contribution in [3.05, 3.63) is 96.1 Å². The Hall–Kier alpha value is -4.06. The number of imidazole rings is 1. The molecule has 1 saturated heterocycles. The van der Waals surface area contributed by atoms with Crippen LogP contribution < -0.4 is 0 Å². The molecule has 2 aromatic heterocycles. The first-order valence-electron chi connectivity index (χ1n) is 11.6. The molecule has 3 aromatic carbocycles. The van der Waals surface area contributed by atoms with Crippen LogP contribution in [0.15, 0.2) is 78.9 Å². The van der Waals surface area contributed by atoms with Gasteiger partial charge in [0.25, 0.3) is 5.91 Å². The number of H-pyrrole nitrogens is 1. The summed E-state index contributed by atoms with van der Waals surface area (Å²) in [7, 11) is 0. The monoisotopic (exact) mass is 450 g/mol. The van der Waals surface area contributed by atoms with Crippen LogP contribution in [0.25, 0.3) is 33.2 Å². The molecular formula is C28H23FN4O. The minimum atomic E-state index is -0.298. The number of piperidine rings is 1. The van der Waals surface area contributed by atoms with Gasteiger partial charge in [0.1, 0.15) is 11.6 Å². The topological polar surface area (TPSA) is 61.9 Å². The van der Waals surface area contributed by atoms with Crippen LogP contribution in [0.4, 0.5) is 4.39 Å². The van der Waals surface area contributed by atoms with E-state index < -0.39 is 0 Å². The fraction of sp³-hybridized carbons (Fsp3) is 0.179. The number of rotatable bonds is 3. The average molecular weight is 451 g/mol. The number of nitrogens with zero attached hydrogens (tertiary/aromatic N) is 3. The van der Waals surface area contributed by atoms with Crippen molar-refractivity contribution in [2.75, 3.05) is 13.1 Å². The highest BCUT2D eigenvalue weighted by molar-refractivity contribution is 6.07. The number of hydrogen-bond acceptors (Lipinski definition) is 3. The largest absolute Gasteiger partial charge is 0.342 e. The van der Waals surface area contributed by atoms with Crippen LogP contribution >= 0.6 is 0 Å². The summed E-state index contributed by atoms with van der Waals surface area (Å²) in [5, 5.41) is 0.831. The number of pyridine rings is 1. The molecule has 0 atom stereocenters. The van der Waals surface area contributed by atoms with Crippen LogP contribution in [-0.2, 0) is 0 Å². The van der Waals surface area contributed by atoms with Crippen molar-refractivity contribution in [1.82, 2.24) is 19.9 Å². The molecule has 6 heteroatoms. The lowest BCUT2D eigenvalue weighted by Gasteiger charge is -2.31. The van der Waals surface area contributed by atoms with Gasteiger partial charge in [-0.3, -0.25) is 4.79 Å². The summed E-state index contributed by atoms with van der Waals surface area (Å²) in [5.74, 6) is 1.01. The smallest absolute Gasteiger partial charge is 0.254 e. The Kier molecular flexibility index (Phi) is 5.06. The second-order valence-electron chi connectivity index (χ2n) is 8.78. The molecule has 1 N–H and O–H groups in total. The Morgan fingerprint density at radius 1 is 0.882 bits per heavy atom. The fourth-order valence-corrected chi connectivity index (χ4v) is 4.81. The number of halogens is 1. The van der Waals surface area contributed by atoms with Crippen molar-refractivity contribution >= 4 is 27.8 Å². The Morgan fingerprint density at radius 3 is 2.35 bits per heavy atom. The summed E-state index contributed by atoms with van der Waals surface area (Å²) in [5.41, 5.74) is 4.86. The fourth-order valence-electron chi connectivity index (χ4n) is 4.81. The Balaban J connectivity index is 1.28. The molecule has 0 saturated carbocycles. The number of aromatic amines is 1. The molecule has 0 unspecified atom stereocenters. The zero-order valence-corrected chi connectivity index (χ0v) is 18.5. The zero-order chi connectivity index (χ0) is 23.1. The van der Waals surface area contributed by atoms with Gasteiger partial charge < -0.3 is 9.88 Å². The summed E-state index contributed by atoms with van der Waals surface area (Å²) >= 11 is 0. The first-order valence-corrected chi connectivity index (χ1v) is 11.6. The Morgan fingerprint density at radius 2 is 1.59 bits per heavy atom. The number of hydrogen-bond donors (Lipinski definition) is 1. The van der Waals surface area contributed by atoms with Crippen LogP contribution in [0.5, 0.6) is 0 Å². The molecule has 168 valence electrons. The van der Waals surface area contributed by atoms with Gasteiger partial charge in [0.05, 0.1) is 27.8 Å². The predicted octanol–water partition coefficient (Wildman–Crippen LogP) is 5.94. The third kappa shape index (κ3) is 3.71. The van der Waals surface area contributed by atoms with E-state index in [-0.39, 0.29) is 11.7 Å². The maximum atomic E-state index is 13.7. The molecule has 5 aromatic rings. The van der Waals surface area contributed by atoms with E-state index in [1.54, 1.807) is 12.1 Å². The van der Waals surface area contributed by atoms with Gasteiger partial charge in [0.15, 0.2) is 0 Å². The van der Waals surface area contributed by atoms with Crippen LogP contribution in [0.1, 0.15) is 34.9 Å². The summed E-state index contributed by atoms with van der Waals surface area (Å²) in [6.45, 7) is 1.34. The minimum Gasteiger partial charge on any atom is -0.342 e. The highest BCUT2D eigenvalue weighted by atomic mass is 19.1. The van der Waals surface area contributed by atoms with Crippen LogP contribution in [0.2, 0.25) is 0 Å². The van der Waals surface area contributed by atoms with Crippen molar-refractivity contribution < 1.29 is 9.18 Å². The van der Waals surface area contributed by atoms with Crippen molar-refractivity contribution in [3.8, 4) is 11.3 Å². The van der Waals surface area contributed by atoms with E-state index in [1.165, 1.54) is 12.1 Å². The number of carbonyl (C=O) groups excluding carboxylic acids is 1. The lowest BCUT2D eigenvalue weighted by Crippen LogP contribution is -2.38. The van der Waals surface area contributed by atoms with Gasteiger partial charge in [0, 0.05) is 30.0 Å². The molecule has 0 radical (unpaired) electrons. The molecule has 1 aliphatic heterocycles. The van der Waals surface area contributed by atoms with E-state index >= 15 is 0 Å². The number of aromatic nitrogens is 3. The zero-order valence-electron chi connectivity index (χ0n) is 18.5. The normalized spacial score (nSPS) is 14.7. The van der Waals surface area contributed by atoms with E-state index in [0.717, 1.165) is 46.2 Å². The summed E-state index contributed by atoms with van der Waals surface area (Å²) in [6, 6.07) is 23.8. The third-order valence-electron chi connectivity index (χ3n) is 6.66. The van der Waals surface area contributed by atoms with Crippen molar-refractivity contribution in [2.45, 2.75) is 18.8 Å². The lowest BCUT2D eigenvalue weighted by molar-refractivity contribution is 0.0713. The number of likely N-dealkylation sites (tertiary alicyclic amines) is 1. The van der Waals surface area contributed by atoms with E-state index in [2.05, 4.69) is 4.98 Å². The van der Waals surface area contributed by atoms with Gasteiger partial charge in [-0.15, -0.1) is 0 Å². The van der Waals surface area contributed by atoms with E-state index in [4.69, 9.17) is 9.97 Å². The Labute approximate surface area is 196 Å². The number of benzene rings is 3. The maximum absolute atomic E-state index is 13.7. The summed E-state index contributed by atoms with van der Waals surface area (Å²) < 4.78 is 13.4. The molecule has 0 spiro atoms. The molecule has 1 fully saturated rings. The molecule has 34 heavy (non-hydrogen) atoms. The van der Waals surface area contributed by atoms with Gasteiger partial charge >= 0.3 is 0 Å². The highest BCUT2D eigenvalue weighted by Crippen LogP contribution is 2.31. The Bertz CT molecular complexity index is 1470. The predicted molar refractivity (Wildman–Crippen MR) is 131 cm³/mol. The molecule has 5 nitrogen and oxygen atoms in total. The van der Waals surface area contributed by atoms with Gasteiger partial charge in [-0.05, 0) is 61.4 Å². The van der Waals surface area contributed by atoms with Crippen LogP contribution in [-0.4, -0.2) is 38.8 Å². The second-order valence-corrected chi connectivity index (χ2v) is 8.78. The molecular weight excluding hydrogens is 427 g/mol. The minimum absolute atomic E-state index is 0.00465. The molecule has 1 aliphatic rings. The van der Waals surface area contributed by atoms with Crippen molar-refractivity contribution in [2.24, 2.45) is 0 Å². The van der Waals surface area contributed by atoms with Gasteiger partial charge in [-0.1, -0.05) is 30.3 Å². The average Bonchev–Trinajstić information content (AvgIpc) is 3.33. The number of amides is 1. The molecule has 1 amide bonds. The van der Waals surface area contributed by atoms with E-state index in [1.807, 2.05) is 59.5 Å². The molecule has 0 bridgehead atoms. The number of carbonyl (C=O) groups is 1.